The molecule has 6 nitrogen and oxygen atoms in total. The van der Waals surface area contributed by atoms with E-state index in [0.29, 0.717) is 11.4 Å². The van der Waals surface area contributed by atoms with Crippen LogP contribution < -0.4 is 5.32 Å². The van der Waals surface area contributed by atoms with E-state index in [-0.39, 0.29) is 11.6 Å². The van der Waals surface area contributed by atoms with Gasteiger partial charge in [0.05, 0.1) is 17.1 Å². The number of aromatic nitrogens is 3. The van der Waals surface area contributed by atoms with Crippen molar-refractivity contribution in [2.24, 2.45) is 0 Å². The van der Waals surface area contributed by atoms with Crippen molar-refractivity contribution in [1.29, 1.82) is 0 Å². The molecule has 2 heterocycles. The maximum absolute atomic E-state index is 13.1. The number of carboxylic acid groups (broad SMARTS) is 1. The van der Waals surface area contributed by atoms with E-state index in [0.717, 1.165) is 0 Å². The number of rotatable bonds is 2. The molecule has 0 aliphatic carbocycles. The van der Waals surface area contributed by atoms with Crippen LogP contribution in [0.4, 0.5) is 15.1 Å². The van der Waals surface area contributed by atoms with Gasteiger partial charge in [-0.1, -0.05) is 0 Å². The molecule has 0 bridgehead atoms. The Hall–Kier alpha value is -2.57. The predicted octanol–water partition coefficient (Wildman–Crippen LogP) is 2.08. The second-order valence-corrected chi connectivity index (χ2v) is 3.46. The fourth-order valence-electron chi connectivity index (χ4n) is 1.34. The summed E-state index contributed by atoms with van der Waals surface area (Å²) < 4.78 is 13.1. The zero-order valence-electron chi connectivity index (χ0n) is 9.38. The van der Waals surface area contributed by atoms with E-state index in [9.17, 15) is 9.18 Å². The molecule has 92 valence electrons. The van der Waals surface area contributed by atoms with Gasteiger partial charge in [0, 0.05) is 6.20 Å². The highest BCUT2D eigenvalue weighted by molar-refractivity contribution is 5.80. The van der Waals surface area contributed by atoms with Gasteiger partial charge < -0.3 is 5.11 Å². The minimum atomic E-state index is -1.25. The molecule has 0 radical (unpaired) electrons. The smallest absolute Gasteiger partial charge is 0.411 e. The first-order valence-corrected chi connectivity index (χ1v) is 5.03. The quantitative estimate of drug-likeness (QED) is 0.849. The molecule has 18 heavy (non-hydrogen) atoms. The van der Waals surface area contributed by atoms with Crippen LogP contribution in [0.15, 0.2) is 24.4 Å². The van der Waals surface area contributed by atoms with Crippen LogP contribution in [0.1, 0.15) is 5.69 Å². The molecule has 0 unspecified atom stereocenters. The third-order valence-electron chi connectivity index (χ3n) is 2.16. The number of anilines is 1. The molecule has 0 fully saturated rings. The maximum Gasteiger partial charge on any atom is 0.411 e. The molecule has 0 aliphatic heterocycles. The van der Waals surface area contributed by atoms with E-state index in [1.54, 1.807) is 6.07 Å². The molecule has 2 rings (SSSR count). The number of aryl methyl sites for hydroxylation is 1. The number of carbonyl (C=O) groups is 1. The van der Waals surface area contributed by atoms with E-state index in [1.807, 2.05) is 5.32 Å². The van der Waals surface area contributed by atoms with E-state index < -0.39 is 11.9 Å². The van der Waals surface area contributed by atoms with Crippen molar-refractivity contribution in [1.82, 2.24) is 15.0 Å². The average Bonchev–Trinajstić information content (AvgIpc) is 2.32. The topological polar surface area (TPSA) is 88.0 Å². The summed E-state index contributed by atoms with van der Waals surface area (Å²) >= 11 is 0. The van der Waals surface area contributed by atoms with Gasteiger partial charge in [0.25, 0.3) is 0 Å². The van der Waals surface area contributed by atoms with Crippen LogP contribution in [0.5, 0.6) is 0 Å². The van der Waals surface area contributed by atoms with Crippen molar-refractivity contribution < 1.29 is 14.3 Å². The molecular formula is C11H9FN4O2. The van der Waals surface area contributed by atoms with Crippen molar-refractivity contribution in [2.75, 3.05) is 5.32 Å². The summed E-state index contributed by atoms with van der Waals surface area (Å²) in [7, 11) is 0. The second kappa shape index (κ2) is 4.74. The van der Waals surface area contributed by atoms with Gasteiger partial charge in [-0.05, 0) is 25.1 Å². The first kappa shape index (κ1) is 11.9. The van der Waals surface area contributed by atoms with Crippen molar-refractivity contribution in [3.8, 4) is 11.4 Å². The molecular weight excluding hydrogens is 239 g/mol. The summed E-state index contributed by atoms with van der Waals surface area (Å²) in [5.41, 5.74) is 1.11. The van der Waals surface area contributed by atoms with Gasteiger partial charge in [-0.3, -0.25) is 5.32 Å². The molecule has 2 N–H and O–H groups in total. The molecule has 2 aromatic heterocycles. The first-order valence-electron chi connectivity index (χ1n) is 5.03. The van der Waals surface area contributed by atoms with Crippen LogP contribution in [0.25, 0.3) is 11.4 Å². The lowest BCUT2D eigenvalue weighted by Gasteiger charge is -2.04. The monoisotopic (exact) mass is 248 g/mol. The zero-order chi connectivity index (χ0) is 13.1. The lowest BCUT2D eigenvalue weighted by molar-refractivity contribution is 0.209. The number of nitrogens with one attached hydrogen (secondary N) is 1. The SMILES string of the molecule is Cc1nc(-c2ccnc(NC(=O)O)n2)ccc1F. The van der Waals surface area contributed by atoms with Crippen molar-refractivity contribution in [3.63, 3.8) is 0 Å². The summed E-state index contributed by atoms with van der Waals surface area (Å²) in [5, 5.41) is 10.6. The zero-order valence-corrected chi connectivity index (χ0v) is 9.38. The molecule has 0 atom stereocenters. The Kier molecular flexibility index (Phi) is 3.13. The van der Waals surface area contributed by atoms with Crippen molar-refractivity contribution in [2.45, 2.75) is 6.92 Å². The van der Waals surface area contributed by atoms with Crippen LogP contribution in [0.2, 0.25) is 0 Å². The highest BCUT2D eigenvalue weighted by atomic mass is 19.1. The molecule has 0 spiro atoms. The van der Waals surface area contributed by atoms with Gasteiger partial charge in [0.2, 0.25) is 5.95 Å². The minimum absolute atomic E-state index is 0.0521. The highest BCUT2D eigenvalue weighted by Gasteiger charge is 2.07. The number of pyridine rings is 1. The second-order valence-electron chi connectivity index (χ2n) is 3.46. The van der Waals surface area contributed by atoms with Gasteiger partial charge in [-0.25, -0.2) is 24.1 Å². The third-order valence-corrected chi connectivity index (χ3v) is 2.16. The van der Waals surface area contributed by atoms with Crippen LogP contribution in [-0.4, -0.2) is 26.2 Å². The molecule has 0 aromatic carbocycles. The fraction of sp³-hybridized carbons (Fsp3) is 0.0909. The number of hydrogen-bond acceptors (Lipinski definition) is 4. The van der Waals surface area contributed by atoms with E-state index >= 15 is 0 Å². The Balaban J connectivity index is 2.38. The van der Waals surface area contributed by atoms with Gasteiger partial charge in [0.15, 0.2) is 0 Å². The average molecular weight is 248 g/mol. The normalized spacial score (nSPS) is 10.1. The van der Waals surface area contributed by atoms with Crippen LogP contribution >= 0.6 is 0 Å². The highest BCUT2D eigenvalue weighted by Crippen LogP contribution is 2.16. The standard InChI is InChI=1S/C11H9FN4O2/c1-6-7(12)2-3-8(14-6)9-4-5-13-10(15-9)16-11(17)18/h2-5H,1H3,(H,17,18)(H,13,15,16). The largest absolute Gasteiger partial charge is 0.465 e. The minimum Gasteiger partial charge on any atom is -0.465 e. The van der Waals surface area contributed by atoms with Gasteiger partial charge in [0.1, 0.15) is 5.82 Å². The van der Waals surface area contributed by atoms with E-state index in [4.69, 9.17) is 5.11 Å². The van der Waals surface area contributed by atoms with Gasteiger partial charge in [-0.15, -0.1) is 0 Å². The predicted molar refractivity (Wildman–Crippen MR) is 61.6 cm³/mol. The Morgan fingerprint density at radius 1 is 1.28 bits per heavy atom. The molecule has 0 aliphatic rings. The third kappa shape index (κ3) is 2.57. The lowest BCUT2D eigenvalue weighted by atomic mass is 10.2. The van der Waals surface area contributed by atoms with Gasteiger partial charge in [-0.2, -0.15) is 0 Å². The van der Waals surface area contributed by atoms with Crippen LogP contribution in [0.3, 0.4) is 0 Å². The molecule has 0 saturated carbocycles. The van der Waals surface area contributed by atoms with Crippen molar-refractivity contribution >= 4 is 12.0 Å². The summed E-state index contributed by atoms with van der Waals surface area (Å²) in [5.74, 6) is -0.458. The van der Waals surface area contributed by atoms with Crippen LogP contribution in [0, 0.1) is 12.7 Å². The summed E-state index contributed by atoms with van der Waals surface area (Å²) in [6.07, 6.45) is 0.143. The number of nitrogens with zero attached hydrogens (tertiary/aromatic N) is 3. The van der Waals surface area contributed by atoms with E-state index in [2.05, 4.69) is 15.0 Å². The van der Waals surface area contributed by atoms with E-state index in [1.165, 1.54) is 25.3 Å². The number of halogens is 1. The van der Waals surface area contributed by atoms with Crippen LogP contribution in [-0.2, 0) is 0 Å². The fourth-order valence-corrected chi connectivity index (χ4v) is 1.34. The molecule has 1 amide bonds. The Labute approximate surface area is 102 Å². The number of amides is 1. The summed E-state index contributed by atoms with van der Waals surface area (Å²) in [6, 6.07) is 4.31. The summed E-state index contributed by atoms with van der Waals surface area (Å²) in [4.78, 5) is 22.2. The van der Waals surface area contributed by atoms with Crippen molar-refractivity contribution in [3.05, 3.63) is 35.9 Å². The first-order chi connectivity index (χ1) is 8.56. The number of hydrogen-bond donors (Lipinski definition) is 2. The molecule has 0 saturated heterocycles. The molecule has 7 heteroatoms. The Morgan fingerprint density at radius 2 is 2.00 bits per heavy atom. The van der Waals surface area contributed by atoms with Gasteiger partial charge >= 0.3 is 6.09 Å². The lowest BCUT2D eigenvalue weighted by Crippen LogP contribution is -2.10. The maximum atomic E-state index is 13.1. The Morgan fingerprint density at radius 3 is 2.67 bits per heavy atom. The molecule has 2 aromatic rings. The summed E-state index contributed by atoms with van der Waals surface area (Å²) in [6.45, 7) is 1.54. The Bertz CT molecular complexity index is 603.